The third-order valence-corrected chi connectivity index (χ3v) is 4.04. The van der Waals surface area contributed by atoms with Gasteiger partial charge in [0.2, 0.25) is 5.91 Å². The summed E-state index contributed by atoms with van der Waals surface area (Å²) < 4.78 is 34.2. The fourth-order valence-corrected chi connectivity index (χ4v) is 2.68. The SMILES string of the molecule is COc1ccc(CNC(=O)Cc2c(Cl)cccc2Cl)cc1OC(F)F. The highest BCUT2D eigenvalue weighted by atomic mass is 35.5. The van der Waals surface area contributed by atoms with E-state index in [2.05, 4.69) is 10.1 Å². The minimum absolute atomic E-state index is 0.00898. The molecule has 1 amide bonds. The number of carbonyl (C=O) groups excluding carboxylic acids is 1. The summed E-state index contributed by atoms with van der Waals surface area (Å²) in [5, 5.41) is 3.48. The van der Waals surface area contributed by atoms with Gasteiger partial charge in [0.1, 0.15) is 0 Å². The van der Waals surface area contributed by atoms with E-state index in [4.69, 9.17) is 27.9 Å². The van der Waals surface area contributed by atoms with Crippen LogP contribution in [-0.2, 0) is 17.8 Å². The minimum Gasteiger partial charge on any atom is -0.493 e. The van der Waals surface area contributed by atoms with E-state index in [0.29, 0.717) is 21.2 Å². The van der Waals surface area contributed by atoms with Crippen molar-refractivity contribution in [2.45, 2.75) is 19.6 Å². The number of benzene rings is 2. The summed E-state index contributed by atoms with van der Waals surface area (Å²) in [6.07, 6.45) is 0.00898. The number of methoxy groups -OCH3 is 1. The topological polar surface area (TPSA) is 47.6 Å². The molecule has 0 bridgehead atoms. The maximum absolute atomic E-state index is 12.4. The second kappa shape index (κ2) is 8.87. The molecule has 0 unspecified atom stereocenters. The molecule has 25 heavy (non-hydrogen) atoms. The number of halogens is 4. The third kappa shape index (κ3) is 5.47. The Morgan fingerprint density at radius 1 is 1.16 bits per heavy atom. The van der Waals surface area contributed by atoms with Crippen molar-refractivity contribution in [3.05, 3.63) is 57.6 Å². The Morgan fingerprint density at radius 2 is 1.84 bits per heavy atom. The van der Waals surface area contributed by atoms with Crippen molar-refractivity contribution in [2.24, 2.45) is 0 Å². The number of hydrogen-bond acceptors (Lipinski definition) is 3. The van der Waals surface area contributed by atoms with Gasteiger partial charge in [-0.05, 0) is 35.4 Å². The summed E-state index contributed by atoms with van der Waals surface area (Å²) in [6, 6.07) is 9.49. The van der Waals surface area contributed by atoms with E-state index in [1.165, 1.54) is 19.2 Å². The number of carbonyl (C=O) groups is 1. The van der Waals surface area contributed by atoms with Crippen LogP contribution in [0.15, 0.2) is 36.4 Å². The van der Waals surface area contributed by atoms with E-state index < -0.39 is 6.61 Å². The monoisotopic (exact) mass is 389 g/mol. The highest BCUT2D eigenvalue weighted by Gasteiger charge is 2.13. The summed E-state index contributed by atoms with van der Waals surface area (Å²) in [4.78, 5) is 12.1. The minimum atomic E-state index is -2.97. The molecular weight excluding hydrogens is 375 g/mol. The second-order valence-corrected chi connectivity index (χ2v) is 5.83. The lowest BCUT2D eigenvalue weighted by Gasteiger charge is -2.12. The molecule has 0 spiro atoms. The van der Waals surface area contributed by atoms with Gasteiger partial charge in [-0.2, -0.15) is 8.78 Å². The van der Waals surface area contributed by atoms with Gasteiger partial charge in [0, 0.05) is 16.6 Å². The summed E-state index contributed by atoms with van der Waals surface area (Å²) in [6.45, 7) is -2.84. The molecule has 1 N–H and O–H groups in total. The molecule has 0 atom stereocenters. The molecule has 134 valence electrons. The van der Waals surface area contributed by atoms with Crippen LogP contribution in [0.25, 0.3) is 0 Å². The van der Waals surface area contributed by atoms with Crippen molar-refractivity contribution in [1.29, 1.82) is 0 Å². The van der Waals surface area contributed by atoms with Gasteiger partial charge in [-0.3, -0.25) is 4.79 Å². The predicted molar refractivity (Wildman–Crippen MR) is 91.6 cm³/mol. The summed E-state index contributed by atoms with van der Waals surface area (Å²) in [5.74, 6) is -0.223. The molecule has 0 heterocycles. The van der Waals surface area contributed by atoms with Crippen LogP contribution in [0.1, 0.15) is 11.1 Å². The van der Waals surface area contributed by atoms with Gasteiger partial charge in [0.05, 0.1) is 13.5 Å². The second-order valence-electron chi connectivity index (χ2n) is 5.02. The number of alkyl halides is 2. The van der Waals surface area contributed by atoms with Crippen LogP contribution in [0.4, 0.5) is 8.78 Å². The van der Waals surface area contributed by atoms with Crippen molar-refractivity contribution in [1.82, 2.24) is 5.32 Å². The van der Waals surface area contributed by atoms with Crippen molar-refractivity contribution >= 4 is 29.1 Å². The first-order chi connectivity index (χ1) is 11.9. The van der Waals surface area contributed by atoms with Crippen LogP contribution in [0.2, 0.25) is 10.0 Å². The molecule has 0 aliphatic heterocycles. The lowest BCUT2D eigenvalue weighted by atomic mass is 10.1. The average Bonchev–Trinajstić information content (AvgIpc) is 2.56. The van der Waals surface area contributed by atoms with Gasteiger partial charge >= 0.3 is 6.61 Å². The molecule has 8 heteroatoms. The van der Waals surface area contributed by atoms with Crippen LogP contribution in [0.5, 0.6) is 11.5 Å². The zero-order chi connectivity index (χ0) is 18.4. The predicted octanol–water partition coefficient (Wildman–Crippen LogP) is 4.46. The Bertz CT molecular complexity index is 736. The van der Waals surface area contributed by atoms with Crippen LogP contribution >= 0.6 is 23.2 Å². The maximum atomic E-state index is 12.4. The fourth-order valence-electron chi connectivity index (χ4n) is 2.14. The lowest BCUT2D eigenvalue weighted by molar-refractivity contribution is -0.120. The van der Waals surface area contributed by atoms with Gasteiger partial charge < -0.3 is 14.8 Å². The quantitative estimate of drug-likeness (QED) is 0.760. The summed E-state index contributed by atoms with van der Waals surface area (Å²) in [5.41, 5.74) is 1.11. The van der Waals surface area contributed by atoms with E-state index in [-0.39, 0.29) is 30.4 Å². The molecule has 0 aliphatic carbocycles. The fraction of sp³-hybridized carbons (Fsp3) is 0.235. The van der Waals surface area contributed by atoms with Gasteiger partial charge in [0.25, 0.3) is 0 Å². The lowest BCUT2D eigenvalue weighted by Crippen LogP contribution is -2.24. The van der Waals surface area contributed by atoms with Crippen LogP contribution in [0.3, 0.4) is 0 Å². The molecular formula is C17H15Cl2F2NO3. The largest absolute Gasteiger partial charge is 0.493 e. The molecule has 0 fully saturated rings. The van der Waals surface area contributed by atoms with Crippen molar-refractivity contribution < 1.29 is 23.0 Å². The van der Waals surface area contributed by atoms with Crippen molar-refractivity contribution in [3.8, 4) is 11.5 Å². The Morgan fingerprint density at radius 3 is 2.44 bits per heavy atom. The number of ether oxygens (including phenoxy) is 2. The first-order valence-corrected chi connectivity index (χ1v) is 7.97. The Balaban J connectivity index is 2.02. The van der Waals surface area contributed by atoms with Gasteiger partial charge in [-0.1, -0.05) is 35.3 Å². The molecule has 0 aliphatic rings. The zero-order valence-electron chi connectivity index (χ0n) is 13.2. The van der Waals surface area contributed by atoms with E-state index >= 15 is 0 Å². The Labute approximate surface area is 153 Å². The Kier molecular flexibility index (Phi) is 6.84. The maximum Gasteiger partial charge on any atom is 0.387 e. The van der Waals surface area contributed by atoms with Crippen LogP contribution in [-0.4, -0.2) is 19.6 Å². The molecule has 0 saturated heterocycles. The number of nitrogens with one attached hydrogen (secondary N) is 1. The first-order valence-electron chi connectivity index (χ1n) is 7.22. The van der Waals surface area contributed by atoms with Crippen LogP contribution < -0.4 is 14.8 Å². The Hall–Kier alpha value is -2.05. The van der Waals surface area contributed by atoms with E-state index in [1.54, 1.807) is 24.3 Å². The van der Waals surface area contributed by atoms with Gasteiger partial charge in [0.15, 0.2) is 11.5 Å². The third-order valence-electron chi connectivity index (χ3n) is 3.33. The highest BCUT2D eigenvalue weighted by Crippen LogP contribution is 2.29. The normalized spacial score (nSPS) is 10.6. The van der Waals surface area contributed by atoms with E-state index in [9.17, 15) is 13.6 Å². The average molecular weight is 390 g/mol. The molecule has 2 aromatic rings. The molecule has 2 rings (SSSR count). The number of rotatable bonds is 7. The molecule has 0 radical (unpaired) electrons. The zero-order valence-corrected chi connectivity index (χ0v) is 14.7. The van der Waals surface area contributed by atoms with Crippen LogP contribution in [0, 0.1) is 0 Å². The number of amides is 1. The van der Waals surface area contributed by atoms with E-state index in [0.717, 1.165) is 0 Å². The molecule has 2 aromatic carbocycles. The first kappa shape index (κ1) is 19.3. The van der Waals surface area contributed by atoms with Crippen molar-refractivity contribution in [2.75, 3.05) is 7.11 Å². The number of hydrogen-bond donors (Lipinski definition) is 1. The summed E-state index contributed by atoms with van der Waals surface area (Å²) >= 11 is 12.1. The van der Waals surface area contributed by atoms with Crippen molar-refractivity contribution in [3.63, 3.8) is 0 Å². The van der Waals surface area contributed by atoms with Gasteiger partial charge in [-0.15, -0.1) is 0 Å². The highest BCUT2D eigenvalue weighted by molar-refractivity contribution is 6.36. The van der Waals surface area contributed by atoms with Gasteiger partial charge in [-0.25, -0.2) is 0 Å². The molecule has 4 nitrogen and oxygen atoms in total. The molecule has 0 saturated carbocycles. The molecule has 0 aromatic heterocycles. The van der Waals surface area contributed by atoms with E-state index in [1.807, 2.05) is 0 Å². The summed E-state index contributed by atoms with van der Waals surface area (Å²) in [7, 11) is 1.35. The standard InChI is InChI=1S/C17H15Cl2F2NO3/c1-24-14-6-5-10(7-15(14)25-17(20)21)9-22-16(23)8-11-12(18)3-2-4-13(11)19/h2-7,17H,8-9H2,1H3,(H,22,23). The smallest absolute Gasteiger partial charge is 0.387 e.